The summed E-state index contributed by atoms with van der Waals surface area (Å²) in [5, 5.41) is 0. The molecular weight excluding hydrogens is 210 g/mol. The number of aryl methyl sites for hydroxylation is 1. The van der Waals surface area contributed by atoms with Crippen LogP contribution in [0.4, 0.5) is 5.69 Å². The third-order valence-corrected chi connectivity index (χ3v) is 4.08. The van der Waals surface area contributed by atoms with Gasteiger partial charge in [-0.1, -0.05) is 31.0 Å². The molecule has 1 saturated carbocycles. The predicted molar refractivity (Wildman–Crippen MR) is 69.1 cm³/mol. The number of carbonyl (C=O) groups is 1. The first-order valence-corrected chi connectivity index (χ1v) is 6.75. The highest BCUT2D eigenvalue weighted by molar-refractivity contribution is 5.96. The van der Waals surface area contributed by atoms with Crippen molar-refractivity contribution in [1.29, 1.82) is 0 Å². The Morgan fingerprint density at radius 1 is 1.12 bits per heavy atom. The van der Waals surface area contributed by atoms with E-state index in [1.807, 2.05) is 11.0 Å². The number of anilines is 1. The Morgan fingerprint density at radius 3 is 2.71 bits per heavy atom. The number of benzene rings is 1. The van der Waals surface area contributed by atoms with Crippen LogP contribution in [-0.4, -0.2) is 12.5 Å². The van der Waals surface area contributed by atoms with E-state index in [-0.39, 0.29) is 0 Å². The zero-order valence-corrected chi connectivity index (χ0v) is 10.2. The van der Waals surface area contributed by atoms with Crippen LogP contribution in [0.1, 0.15) is 37.7 Å². The van der Waals surface area contributed by atoms with Gasteiger partial charge >= 0.3 is 0 Å². The van der Waals surface area contributed by atoms with Crippen LogP contribution in [0.5, 0.6) is 0 Å². The highest BCUT2D eigenvalue weighted by Gasteiger charge is 2.30. The standard InChI is InChI=1S/C15H19NO/c17-15(13-7-1-2-8-13)16-11-5-9-12-6-3-4-10-14(12)16/h3-4,6,10,13H,1-2,5,7-9,11H2. The molecule has 0 radical (unpaired) electrons. The normalized spacial score (nSPS) is 20.4. The van der Waals surface area contributed by atoms with Crippen molar-refractivity contribution in [2.24, 2.45) is 5.92 Å². The summed E-state index contributed by atoms with van der Waals surface area (Å²) in [5.74, 6) is 0.663. The van der Waals surface area contributed by atoms with Crippen LogP contribution in [-0.2, 0) is 11.2 Å². The molecule has 0 saturated heterocycles. The van der Waals surface area contributed by atoms with Crippen molar-refractivity contribution in [3.8, 4) is 0 Å². The number of carbonyl (C=O) groups excluding carboxylic acids is 1. The van der Waals surface area contributed by atoms with E-state index in [9.17, 15) is 4.79 Å². The van der Waals surface area contributed by atoms with Crippen molar-refractivity contribution in [3.63, 3.8) is 0 Å². The monoisotopic (exact) mass is 229 g/mol. The summed E-state index contributed by atoms with van der Waals surface area (Å²) in [6.07, 6.45) is 6.87. The van der Waals surface area contributed by atoms with E-state index in [0.717, 1.165) is 37.9 Å². The number of fused-ring (bicyclic) bond motifs is 1. The van der Waals surface area contributed by atoms with Gasteiger partial charge in [0.1, 0.15) is 0 Å². The number of hydrogen-bond donors (Lipinski definition) is 0. The van der Waals surface area contributed by atoms with Gasteiger partial charge in [-0.25, -0.2) is 0 Å². The molecule has 1 fully saturated rings. The van der Waals surface area contributed by atoms with Gasteiger partial charge in [-0.05, 0) is 37.3 Å². The van der Waals surface area contributed by atoms with E-state index in [0.29, 0.717) is 11.8 Å². The lowest BCUT2D eigenvalue weighted by Crippen LogP contribution is -2.38. The molecule has 1 amide bonds. The van der Waals surface area contributed by atoms with Gasteiger partial charge < -0.3 is 4.90 Å². The molecule has 1 aliphatic carbocycles. The summed E-state index contributed by atoms with van der Waals surface area (Å²) in [4.78, 5) is 14.5. The maximum absolute atomic E-state index is 12.5. The summed E-state index contributed by atoms with van der Waals surface area (Å²) in [5.41, 5.74) is 2.50. The highest BCUT2D eigenvalue weighted by atomic mass is 16.2. The fraction of sp³-hybridized carbons (Fsp3) is 0.533. The maximum Gasteiger partial charge on any atom is 0.230 e. The van der Waals surface area contributed by atoms with Crippen LogP contribution < -0.4 is 4.90 Å². The van der Waals surface area contributed by atoms with Crippen molar-refractivity contribution in [2.45, 2.75) is 38.5 Å². The molecule has 1 heterocycles. The first-order valence-electron chi connectivity index (χ1n) is 6.75. The minimum atomic E-state index is 0.293. The van der Waals surface area contributed by atoms with Gasteiger partial charge in [0.25, 0.3) is 0 Å². The Kier molecular flexibility index (Phi) is 2.87. The summed E-state index contributed by atoms with van der Waals surface area (Å²) < 4.78 is 0. The van der Waals surface area contributed by atoms with E-state index >= 15 is 0 Å². The lowest BCUT2D eigenvalue weighted by atomic mass is 9.99. The zero-order chi connectivity index (χ0) is 11.7. The van der Waals surface area contributed by atoms with E-state index < -0.39 is 0 Å². The fourth-order valence-electron chi connectivity index (χ4n) is 3.16. The summed E-state index contributed by atoms with van der Waals surface area (Å²) in [6.45, 7) is 0.909. The van der Waals surface area contributed by atoms with Gasteiger partial charge in [0.2, 0.25) is 5.91 Å². The molecule has 3 rings (SSSR count). The first-order chi connectivity index (χ1) is 8.36. The quantitative estimate of drug-likeness (QED) is 0.724. The first kappa shape index (κ1) is 10.8. The molecule has 2 heteroatoms. The van der Waals surface area contributed by atoms with E-state index in [1.54, 1.807) is 0 Å². The number of para-hydroxylation sites is 1. The summed E-state index contributed by atoms with van der Waals surface area (Å²) >= 11 is 0. The highest BCUT2D eigenvalue weighted by Crippen LogP contribution is 2.32. The summed E-state index contributed by atoms with van der Waals surface area (Å²) in [7, 11) is 0. The van der Waals surface area contributed by atoms with Crippen molar-refractivity contribution in [1.82, 2.24) is 0 Å². The molecule has 1 aromatic rings. The number of rotatable bonds is 1. The molecular formula is C15H19NO. The lowest BCUT2D eigenvalue weighted by molar-refractivity contribution is -0.122. The predicted octanol–water partition coefficient (Wildman–Crippen LogP) is 3.16. The van der Waals surface area contributed by atoms with E-state index in [2.05, 4.69) is 18.2 Å². The molecule has 17 heavy (non-hydrogen) atoms. The Labute approximate surface area is 103 Å². The third-order valence-electron chi connectivity index (χ3n) is 4.08. The van der Waals surface area contributed by atoms with Gasteiger partial charge in [0.15, 0.2) is 0 Å². The number of amides is 1. The molecule has 0 atom stereocenters. The molecule has 1 aliphatic heterocycles. The summed E-state index contributed by atoms with van der Waals surface area (Å²) in [6, 6.07) is 8.37. The van der Waals surface area contributed by atoms with Crippen LogP contribution >= 0.6 is 0 Å². The Morgan fingerprint density at radius 2 is 1.88 bits per heavy atom. The van der Waals surface area contributed by atoms with Crippen molar-refractivity contribution >= 4 is 11.6 Å². The number of hydrogen-bond acceptors (Lipinski definition) is 1. The second-order valence-electron chi connectivity index (χ2n) is 5.20. The molecule has 0 unspecified atom stereocenters. The minimum absolute atomic E-state index is 0.293. The molecule has 0 aromatic heterocycles. The van der Waals surface area contributed by atoms with Gasteiger partial charge in [-0.3, -0.25) is 4.79 Å². The molecule has 1 aromatic carbocycles. The van der Waals surface area contributed by atoms with Crippen molar-refractivity contribution < 1.29 is 4.79 Å². The Balaban J connectivity index is 1.86. The third kappa shape index (κ3) is 1.97. The molecule has 90 valence electrons. The Bertz CT molecular complexity index is 421. The molecule has 2 nitrogen and oxygen atoms in total. The van der Waals surface area contributed by atoms with Crippen LogP contribution in [0.3, 0.4) is 0 Å². The Hall–Kier alpha value is -1.31. The van der Waals surface area contributed by atoms with Gasteiger partial charge in [0.05, 0.1) is 0 Å². The van der Waals surface area contributed by atoms with E-state index in [1.165, 1.54) is 18.4 Å². The van der Waals surface area contributed by atoms with Crippen LogP contribution in [0.2, 0.25) is 0 Å². The fourth-order valence-corrected chi connectivity index (χ4v) is 3.16. The second kappa shape index (κ2) is 4.52. The molecule has 2 aliphatic rings. The van der Waals surface area contributed by atoms with Crippen LogP contribution in [0.15, 0.2) is 24.3 Å². The largest absolute Gasteiger partial charge is 0.312 e. The minimum Gasteiger partial charge on any atom is -0.312 e. The van der Waals surface area contributed by atoms with E-state index in [4.69, 9.17) is 0 Å². The van der Waals surface area contributed by atoms with Gasteiger partial charge in [0, 0.05) is 18.2 Å². The zero-order valence-electron chi connectivity index (χ0n) is 10.2. The average molecular weight is 229 g/mol. The van der Waals surface area contributed by atoms with Gasteiger partial charge in [-0.15, -0.1) is 0 Å². The maximum atomic E-state index is 12.5. The van der Waals surface area contributed by atoms with Crippen molar-refractivity contribution in [2.75, 3.05) is 11.4 Å². The topological polar surface area (TPSA) is 20.3 Å². The SMILES string of the molecule is O=C(C1CCCC1)N1CCCc2ccccc21. The molecule has 0 N–H and O–H groups in total. The van der Waals surface area contributed by atoms with Crippen LogP contribution in [0.25, 0.3) is 0 Å². The molecule has 0 spiro atoms. The van der Waals surface area contributed by atoms with Crippen molar-refractivity contribution in [3.05, 3.63) is 29.8 Å². The van der Waals surface area contributed by atoms with Crippen LogP contribution in [0, 0.1) is 5.92 Å². The van der Waals surface area contributed by atoms with Gasteiger partial charge in [-0.2, -0.15) is 0 Å². The molecule has 0 bridgehead atoms. The average Bonchev–Trinajstić information content (AvgIpc) is 2.91. The number of nitrogens with zero attached hydrogens (tertiary/aromatic N) is 1. The second-order valence-corrected chi connectivity index (χ2v) is 5.20. The lowest BCUT2D eigenvalue weighted by Gasteiger charge is -2.31. The smallest absolute Gasteiger partial charge is 0.230 e.